The highest BCUT2D eigenvalue weighted by molar-refractivity contribution is 5.21. The van der Waals surface area contributed by atoms with Crippen LogP contribution < -0.4 is 0 Å². The molecule has 1 aliphatic heterocycles. The Labute approximate surface area is 202 Å². The molecule has 2 aliphatic carbocycles. The predicted octanol–water partition coefficient (Wildman–Crippen LogP) is 1.27. The monoisotopic (exact) mass is 484 g/mol. The van der Waals surface area contributed by atoms with E-state index in [0.717, 1.165) is 36.8 Å². The van der Waals surface area contributed by atoms with Gasteiger partial charge in [0.15, 0.2) is 6.29 Å². The van der Waals surface area contributed by atoms with E-state index in [4.69, 9.17) is 9.47 Å². The van der Waals surface area contributed by atoms with Crippen molar-refractivity contribution in [3.05, 3.63) is 23.8 Å². The van der Waals surface area contributed by atoms with Crippen LogP contribution in [0.4, 0.5) is 0 Å². The largest absolute Gasteiger partial charge is 0.394 e. The highest BCUT2D eigenvalue weighted by Gasteiger charge is 2.57. The molecule has 3 aliphatic rings. The van der Waals surface area contributed by atoms with Crippen molar-refractivity contribution < 1.29 is 40.1 Å². The lowest BCUT2D eigenvalue weighted by molar-refractivity contribution is -0.298. The van der Waals surface area contributed by atoms with Crippen LogP contribution >= 0.6 is 0 Å². The number of hydrogen-bond acceptors (Lipinski definition) is 8. The molecule has 0 unspecified atom stereocenters. The molecule has 3 rings (SSSR count). The van der Waals surface area contributed by atoms with Crippen molar-refractivity contribution in [1.29, 1.82) is 0 Å². The SMILES string of the molecule is C=C1[C@@H](O)C[C@H]2C(C)(C)[C@@H](O)CC[C@]2(C)[C@H]1CC/C(C)=C/CO[C@@H]1O[C@H](CO)[C@@H](O)[C@H](O)[C@H]1O. The van der Waals surface area contributed by atoms with E-state index < -0.39 is 43.4 Å². The Balaban J connectivity index is 1.61. The normalized spacial score (nSPS) is 45.2. The fourth-order valence-electron chi connectivity index (χ4n) is 6.58. The Morgan fingerprint density at radius 2 is 1.79 bits per heavy atom. The molecule has 0 radical (unpaired) electrons. The highest BCUT2D eigenvalue weighted by Crippen LogP contribution is 2.61. The number of aliphatic hydroxyl groups excluding tert-OH is 6. The summed E-state index contributed by atoms with van der Waals surface area (Å²) in [6, 6.07) is 0. The van der Waals surface area contributed by atoms with Gasteiger partial charge in [-0.3, -0.25) is 0 Å². The van der Waals surface area contributed by atoms with E-state index in [1.165, 1.54) is 0 Å². The van der Waals surface area contributed by atoms with E-state index in [2.05, 4.69) is 27.4 Å². The maximum Gasteiger partial charge on any atom is 0.187 e. The summed E-state index contributed by atoms with van der Waals surface area (Å²) in [5.74, 6) is 0.343. The molecule has 1 saturated heterocycles. The van der Waals surface area contributed by atoms with Crippen LogP contribution in [0.25, 0.3) is 0 Å². The van der Waals surface area contributed by atoms with Crippen LogP contribution in [0.15, 0.2) is 23.8 Å². The zero-order chi connectivity index (χ0) is 25.4. The first kappa shape index (κ1) is 27.7. The first-order valence-corrected chi connectivity index (χ1v) is 12.5. The summed E-state index contributed by atoms with van der Waals surface area (Å²) in [6.07, 6.45) is -1.58. The van der Waals surface area contributed by atoms with E-state index in [-0.39, 0.29) is 35.4 Å². The van der Waals surface area contributed by atoms with E-state index in [9.17, 15) is 30.6 Å². The summed E-state index contributed by atoms with van der Waals surface area (Å²) in [7, 11) is 0. The van der Waals surface area contributed by atoms with Gasteiger partial charge in [-0.2, -0.15) is 0 Å². The summed E-state index contributed by atoms with van der Waals surface area (Å²) < 4.78 is 10.9. The van der Waals surface area contributed by atoms with Crippen LogP contribution in [-0.4, -0.2) is 86.8 Å². The molecule has 8 nitrogen and oxygen atoms in total. The quantitative estimate of drug-likeness (QED) is 0.297. The van der Waals surface area contributed by atoms with Crippen molar-refractivity contribution in [3.8, 4) is 0 Å². The third kappa shape index (κ3) is 5.15. The van der Waals surface area contributed by atoms with Crippen LogP contribution in [-0.2, 0) is 9.47 Å². The maximum absolute atomic E-state index is 10.8. The van der Waals surface area contributed by atoms with Crippen molar-refractivity contribution in [2.24, 2.45) is 22.7 Å². The Bertz CT molecular complexity index is 749. The Hall–Kier alpha value is -0.840. The minimum atomic E-state index is -1.46. The van der Waals surface area contributed by atoms with Gasteiger partial charge in [0, 0.05) is 0 Å². The van der Waals surface area contributed by atoms with Gasteiger partial charge < -0.3 is 40.1 Å². The molecule has 3 fully saturated rings. The molecule has 0 bridgehead atoms. The van der Waals surface area contributed by atoms with Crippen LogP contribution in [0.3, 0.4) is 0 Å². The standard InChI is InChI=1S/C26H44O8/c1-14(9-11-33-24-23(32)22(31)21(30)18(13-27)34-24)6-7-16-15(2)17(28)12-19-25(3,4)20(29)8-10-26(16,19)5/h9,16-24,27-32H,2,6-8,10-13H2,1,3-5H3/b14-9+/t16-,17-,18+,19-,20-,21+,22-,23+,24+,26+/m0/s1. The third-order valence-electron chi connectivity index (χ3n) is 9.01. The van der Waals surface area contributed by atoms with E-state index in [1.54, 1.807) is 0 Å². The molecule has 2 saturated carbocycles. The lowest BCUT2D eigenvalue weighted by atomic mass is 9.46. The van der Waals surface area contributed by atoms with Crippen LogP contribution in [0.5, 0.6) is 0 Å². The molecular weight excluding hydrogens is 440 g/mol. The smallest absolute Gasteiger partial charge is 0.187 e. The van der Waals surface area contributed by atoms with Gasteiger partial charge in [0.2, 0.25) is 0 Å². The molecule has 6 N–H and O–H groups in total. The fourth-order valence-corrected chi connectivity index (χ4v) is 6.58. The zero-order valence-corrected chi connectivity index (χ0v) is 20.9. The van der Waals surface area contributed by atoms with Gasteiger partial charge in [-0.05, 0) is 67.3 Å². The minimum Gasteiger partial charge on any atom is -0.394 e. The molecule has 196 valence electrons. The van der Waals surface area contributed by atoms with Crippen molar-refractivity contribution >= 4 is 0 Å². The fraction of sp³-hybridized carbons (Fsp3) is 0.846. The van der Waals surface area contributed by atoms with Crippen molar-refractivity contribution in [1.82, 2.24) is 0 Å². The molecule has 1 heterocycles. The third-order valence-corrected chi connectivity index (χ3v) is 9.01. The topological polar surface area (TPSA) is 140 Å². The average molecular weight is 485 g/mol. The summed E-state index contributed by atoms with van der Waals surface area (Å²) in [5, 5.41) is 60.6. The molecule has 8 heteroatoms. The van der Waals surface area contributed by atoms with Gasteiger partial charge in [0.25, 0.3) is 0 Å². The first-order valence-electron chi connectivity index (χ1n) is 12.5. The van der Waals surface area contributed by atoms with Crippen LogP contribution in [0.2, 0.25) is 0 Å². The van der Waals surface area contributed by atoms with Gasteiger partial charge in [0.1, 0.15) is 24.4 Å². The van der Waals surface area contributed by atoms with Crippen molar-refractivity contribution in [3.63, 3.8) is 0 Å². The highest BCUT2D eigenvalue weighted by atomic mass is 16.7. The van der Waals surface area contributed by atoms with E-state index in [1.807, 2.05) is 13.0 Å². The summed E-state index contributed by atoms with van der Waals surface area (Å²) in [6.45, 7) is 12.4. The van der Waals surface area contributed by atoms with Gasteiger partial charge in [-0.15, -0.1) is 0 Å². The number of hydrogen-bond donors (Lipinski definition) is 6. The molecule has 0 aromatic carbocycles. The lowest BCUT2D eigenvalue weighted by Gasteiger charge is -2.60. The van der Waals surface area contributed by atoms with Crippen LogP contribution in [0, 0.1) is 22.7 Å². The first-order chi connectivity index (χ1) is 15.8. The Morgan fingerprint density at radius 1 is 1.12 bits per heavy atom. The Kier molecular flexibility index (Phi) is 8.69. The second-order valence-electron chi connectivity index (χ2n) is 11.4. The molecule has 0 aromatic rings. The molecule has 34 heavy (non-hydrogen) atoms. The lowest BCUT2D eigenvalue weighted by Crippen LogP contribution is -2.59. The summed E-state index contributed by atoms with van der Waals surface area (Å²) in [4.78, 5) is 0. The molecule has 0 spiro atoms. The van der Waals surface area contributed by atoms with Gasteiger partial charge in [-0.25, -0.2) is 0 Å². The molecule has 0 amide bonds. The predicted molar refractivity (Wildman–Crippen MR) is 127 cm³/mol. The molecule has 0 aromatic heterocycles. The Morgan fingerprint density at radius 3 is 2.44 bits per heavy atom. The number of rotatable bonds is 7. The number of fused-ring (bicyclic) bond motifs is 1. The van der Waals surface area contributed by atoms with Gasteiger partial charge >= 0.3 is 0 Å². The average Bonchev–Trinajstić information content (AvgIpc) is 2.78. The van der Waals surface area contributed by atoms with E-state index >= 15 is 0 Å². The van der Waals surface area contributed by atoms with Crippen LogP contribution in [0.1, 0.15) is 59.8 Å². The number of aliphatic hydroxyl groups is 6. The minimum absolute atomic E-state index is 0.0356. The number of ether oxygens (including phenoxy) is 2. The molecule has 10 atom stereocenters. The van der Waals surface area contributed by atoms with E-state index in [0.29, 0.717) is 6.42 Å². The molecular formula is C26H44O8. The van der Waals surface area contributed by atoms with Gasteiger partial charge in [0.05, 0.1) is 25.4 Å². The maximum atomic E-state index is 10.8. The second-order valence-corrected chi connectivity index (χ2v) is 11.4. The second kappa shape index (κ2) is 10.6. The number of allylic oxidation sites excluding steroid dienone is 1. The van der Waals surface area contributed by atoms with Gasteiger partial charge in [-0.1, -0.05) is 39.0 Å². The van der Waals surface area contributed by atoms with Crippen molar-refractivity contribution in [2.45, 2.75) is 103 Å². The zero-order valence-electron chi connectivity index (χ0n) is 20.9. The summed E-state index contributed by atoms with van der Waals surface area (Å²) >= 11 is 0. The van der Waals surface area contributed by atoms with Crippen molar-refractivity contribution in [2.75, 3.05) is 13.2 Å². The summed E-state index contributed by atoms with van der Waals surface area (Å²) in [5.41, 5.74) is 1.66.